The number of halogens is 1. The van der Waals surface area contributed by atoms with Crippen molar-refractivity contribution in [2.24, 2.45) is 5.92 Å². The molecule has 1 aliphatic carbocycles. The van der Waals surface area contributed by atoms with E-state index in [1.807, 2.05) is 4.90 Å². The van der Waals surface area contributed by atoms with E-state index >= 15 is 0 Å². The zero-order valence-corrected chi connectivity index (χ0v) is 20.4. The summed E-state index contributed by atoms with van der Waals surface area (Å²) in [5.74, 6) is -1.39. The van der Waals surface area contributed by atoms with Crippen LogP contribution in [0.5, 0.6) is 0 Å². The normalized spacial score (nSPS) is 27.6. The predicted molar refractivity (Wildman–Crippen MR) is 103 cm³/mol. The first-order valence-corrected chi connectivity index (χ1v) is 11.3. The number of allylic oxidation sites excluding steroid dienone is 1. The fourth-order valence-corrected chi connectivity index (χ4v) is 5.22. The van der Waals surface area contributed by atoms with Crippen molar-refractivity contribution in [3.8, 4) is 0 Å². The number of β-lactam (4-membered cyclic amide) rings is 1. The van der Waals surface area contributed by atoms with Crippen LogP contribution >= 0.6 is 27.7 Å². The van der Waals surface area contributed by atoms with Gasteiger partial charge in [-0.05, 0) is 36.8 Å². The van der Waals surface area contributed by atoms with Crippen molar-refractivity contribution in [2.45, 2.75) is 30.7 Å². The third-order valence-electron chi connectivity index (χ3n) is 5.37. The van der Waals surface area contributed by atoms with Crippen LogP contribution in [-0.2, 0) is 19.2 Å². The maximum absolute atomic E-state index is 12.6. The van der Waals surface area contributed by atoms with Gasteiger partial charge in [0.25, 0.3) is 5.91 Å². The Morgan fingerprint density at radius 3 is 2.66 bits per heavy atom. The molecule has 0 aromatic carbocycles. The molecule has 0 spiro atoms. The van der Waals surface area contributed by atoms with Gasteiger partial charge in [-0.1, -0.05) is 15.9 Å². The molecule has 4 rings (SSSR count). The maximum Gasteiger partial charge on any atom is 1.00 e. The molecule has 29 heavy (non-hydrogen) atoms. The average Bonchev–Trinajstić information content (AvgIpc) is 3.44. The van der Waals surface area contributed by atoms with Gasteiger partial charge < -0.3 is 20.1 Å². The minimum Gasteiger partial charge on any atom is -0.543 e. The Labute approximate surface area is 202 Å². The van der Waals surface area contributed by atoms with Crippen LogP contribution in [0.2, 0.25) is 0 Å². The minimum absolute atomic E-state index is 0. The summed E-state index contributed by atoms with van der Waals surface area (Å²) >= 11 is 4.40. The van der Waals surface area contributed by atoms with E-state index in [2.05, 4.69) is 21.2 Å². The molecule has 2 atom stereocenters. The predicted octanol–water partition coefficient (Wildman–Crippen LogP) is -3.64. The number of hydrogen-bond acceptors (Lipinski definition) is 6. The number of amides is 3. The molecule has 0 unspecified atom stereocenters. The summed E-state index contributed by atoms with van der Waals surface area (Å²) in [6, 6.07) is -0.749. The molecule has 0 aromatic heterocycles. The van der Waals surface area contributed by atoms with E-state index < -0.39 is 23.3 Å². The summed E-state index contributed by atoms with van der Waals surface area (Å²) in [5, 5.41) is 13.9. The Kier molecular flexibility index (Phi) is 7.20. The monoisotopic (exact) mass is 491 g/mol. The molecule has 150 valence electrons. The first kappa shape index (κ1) is 22.9. The summed E-state index contributed by atoms with van der Waals surface area (Å²) in [7, 11) is 0. The third-order valence-corrected chi connectivity index (χ3v) is 7.18. The van der Waals surface area contributed by atoms with Crippen molar-refractivity contribution < 1.29 is 53.8 Å². The minimum atomic E-state index is -1.45. The molecule has 4 aliphatic rings. The number of likely N-dealkylation sites (tertiary alicyclic amines) is 1. The van der Waals surface area contributed by atoms with Gasteiger partial charge in [-0.3, -0.25) is 19.3 Å². The molecule has 0 bridgehead atoms. The number of carbonyl (C=O) groups is 4. The smallest absolute Gasteiger partial charge is 0.543 e. The van der Waals surface area contributed by atoms with E-state index in [9.17, 15) is 24.3 Å². The summed E-state index contributed by atoms with van der Waals surface area (Å²) in [6.07, 6.45) is 4.50. The molecular weight excluding hydrogens is 473 g/mol. The van der Waals surface area contributed by atoms with Gasteiger partial charge in [0.05, 0.1) is 17.0 Å². The number of fused-ring (bicyclic) bond motifs is 1. The molecule has 2 saturated heterocycles. The number of thioether (sulfide) groups is 1. The Bertz CT molecular complexity index is 828. The Morgan fingerprint density at radius 2 is 2.03 bits per heavy atom. The number of carboxylic acids is 1. The van der Waals surface area contributed by atoms with Gasteiger partial charge >= 0.3 is 29.6 Å². The Balaban J connectivity index is 0.00000240. The Hall–Kier alpha value is -0.810. The van der Waals surface area contributed by atoms with Crippen LogP contribution in [0.4, 0.5) is 0 Å². The molecule has 3 heterocycles. The maximum atomic E-state index is 12.6. The number of alkyl halides is 1. The Morgan fingerprint density at radius 1 is 1.31 bits per heavy atom. The van der Waals surface area contributed by atoms with Crippen molar-refractivity contribution in [3.63, 3.8) is 0 Å². The van der Waals surface area contributed by atoms with Crippen LogP contribution in [0.1, 0.15) is 19.3 Å². The molecule has 3 amide bonds. The first-order chi connectivity index (χ1) is 13.4. The number of nitrogens with zero attached hydrogens (tertiary/aromatic N) is 2. The van der Waals surface area contributed by atoms with E-state index in [0.29, 0.717) is 35.8 Å². The van der Waals surface area contributed by atoms with Crippen molar-refractivity contribution in [2.75, 3.05) is 24.2 Å². The van der Waals surface area contributed by atoms with Crippen LogP contribution < -0.4 is 40.0 Å². The summed E-state index contributed by atoms with van der Waals surface area (Å²) in [6.45, 7) is 1.41. The van der Waals surface area contributed by atoms with E-state index in [4.69, 9.17) is 0 Å². The number of carbonyl (C=O) groups excluding carboxylic acids is 4. The quantitative estimate of drug-likeness (QED) is 0.177. The first-order valence-electron chi connectivity index (χ1n) is 9.15. The molecular formula is C18H19BrN3NaO5S. The SMILES string of the molecule is O=C(CBr)N[C@@H]1C(=O)N2C(C(=O)[O-])=C(/C=C3\CCN(CC4CC4)C3=O)CS[C@H]12.[Na+]. The van der Waals surface area contributed by atoms with Crippen molar-refractivity contribution in [3.05, 3.63) is 22.9 Å². The number of hydrogen-bond donors (Lipinski definition) is 1. The summed E-state index contributed by atoms with van der Waals surface area (Å²) in [4.78, 5) is 51.3. The summed E-state index contributed by atoms with van der Waals surface area (Å²) < 4.78 is 0. The second-order valence-electron chi connectivity index (χ2n) is 7.36. The average molecular weight is 492 g/mol. The van der Waals surface area contributed by atoms with Gasteiger partial charge in [0, 0.05) is 24.4 Å². The number of aliphatic carboxylic acids is 1. The molecule has 3 aliphatic heterocycles. The van der Waals surface area contributed by atoms with Crippen LogP contribution in [0.3, 0.4) is 0 Å². The number of nitrogens with one attached hydrogen (secondary N) is 1. The molecule has 11 heteroatoms. The van der Waals surface area contributed by atoms with Crippen LogP contribution in [0, 0.1) is 5.92 Å². The zero-order valence-electron chi connectivity index (χ0n) is 16.0. The van der Waals surface area contributed by atoms with Gasteiger partial charge in [0.15, 0.2) is 0 Å². The molecule has 0 radical (unpaired) electrons. The van der Waals surface area contributed by atoms with E-state index in [0.717, 1.165) is 24.3 Å². The van der Waals surface area contributed by atoms with Crippen molar-refractivity contribution >= 4 is 51.4 Å². The zero-order chi connectivity index (χ0) is 20.0. The van der Waals surface area contributed by atoms with Gasteiger partial charge in [0.2, 0.25) is 11.8 Å². The van der Waals surface area contributed by atoms with Crippen molar-refractivity contribution in [1.29, 1.82) is 0 Å². The number of carboxylic acid groups (broad SMARTS) is 1. The fourth-order valence-electron chi connectivity index (χ4n) is 3.75. The molecule has 3 fully saturated rings. The van der Waals surface area contributed by atoms with Crippen LogP contribution in [0.25, 0.3) is 0 Å². The largest absolute Gasteiger partial charge is 1.00 e. The van der Waals surface area contributed by atoms with Gasteiger partial charge in [-0.25, -0.2) is 0 Å². The second-order valence-corrected chi connectivity index (χ2v) is 9.03. The van der Waals surface area contributed by atoms with Gasteiger partial charge in [0.1, 0.15) is 11.4 Å². The molecule has 1 N–H and O–H groups in total. The number of rotatable bonds is 6. The third kappa shape index (κ3) is 4.46. The second kappa shape index (κ2) is 9.13. The van der Waals surface area contributed by atoms with Gasteiger partial charge in [-0.2, -0.15) is 0 Å². The topological polar surface area (TPSA) is 110 Å². The van der Waals surface area contributed by atoms with E-state index in [1.165, 1.54) is 11.8 Å². The summed E-state index contributed by atoms with van der Waals surface area (Å²) in [5.41, 5.74) is 0.793. The standard InChI is InChI=1S/C18H20BrN3O5S.Na/c19-6-12(23)20-13-16(25)22-14(18(26)27)11(8-28-17(13)22)5-10-3-4-21(15(10)24)7-9-1-2-9;/h5,9,13,17H,1-4,6-8H2,(H,20,23)(H,26,27);/q;+1/p-1/b10-5+;/t13-,17-;/m1./s1. The van der Waals surface area contributed by atoms with Crippen LogP contribution in [0.15, 0.2) is 22.9 Å². The van der Waals surface area contributed by atoms with Gasteiger partial charge in [-0.15, -0.1) is 11.8 Å². The van der Waals surface area contributed by atoms with Crippen LogP contribution in [-0.4, -0.2) is 69.1 Å². The molecule has 8 nitrogen and oxygen atoms in total. The molecule has 1 saturated carbocycles. The van der Waals surface area contributed by atoms with Crippen molar-refractivity contribution in [1.82, 2.24) is 15.1 Å². The molecule has 0 aromatic rings. The van der Waals surface area contributed by atoms with E-state index in [-0.39, 0.29) is 52.4 Å². The fraction of sp³-hybridized carbons (Fsp3) is 0.556. The van der Waals surface area contributed by atoms with E-state index in [1.54, 1.807) is 6.08 Å².